The van der Waals surface area contributed by atoms with Gasteiger partial charge in [-0.25, -0.2) is 9.78 Å². The molecule has 140 valence electrons. The summed E-state index contributed by atoms with van der Waals surface area (Å²) in [4.78, 5) is 21.3. The summed E-state index contributed by atoms with van der Waals surface area (Å²) in [7, 11) is 0. The van der Waals surface area contributed by atoms with Gasteiger partial charge in [0.15, 0.2) is 5.13 Å². The summed E-state index contributed by atoms with van der Waals surface area (Å²) in [5, 5.41) is 5.19. The van der Waals surface area contributed by atoms with Gasteiger partial charge >= 0.3 is 6.03 Å². The van der Waals surface area contributed by atoms with Gasteiger partial charge < -0.3 is 15.1 Å². The monoisotopic (exact) mass is 420 g/mol. The van der Waals surface area contributed by atoms with Crippen LogP contribution in [-0.2, 0) is 0 Å². The second-order valence-electron chi connectivity index (χ2n) is 6.45. The standard InChI is InChI=1S/C19H18Cl2N4OS/c1-12-5-6-15(21)17-16(12)23-19(27-17)25-9-7-24(8-10-25)18(26)22-14-4-2-3-13(20)11-14/h2-6,11H,7-10H2,1H3,(H,22,26). The summed E-state index contributed by atoms with van der Waals surface area (Å²) in [6, 6.07) is 11.0. The minimum absolute atomic E-state index is 0.111. The Kier molecular flexibility index (Phi) is 5.12. The highest BCUT2D eigenvalue weighted by Crippen LogP contribution is 2.35. The van der Waals surface area contributed by atoms with Gasteiger partial charge in [-0.15, -0.1) is 0 Å². The fourth-order valence-electron chi connectivity index (χ4n) is 3.10. The van der Waals surface area contributed by atoms with Crippen LogP contribution in [0.1, 0.15) is 5.56 Å². The van der Waals surface area contributed by atoms with Crippen molar-refractivity contribution in [1.29, 1.82) is 0 Å². The number of nitrogens with one attached hydrogen (secondary N) is 1. The van der Waals surface area contributed by atoms with Gasteiger partial charge in [-0.2, -0.15) is 0 Å². The van der Waals surface area contributed by atoms with Gasteiger partial charge in [-0.3, -0.25) is 0 Å². The average molecular weight is 421 g/mol. The lowest BCUT2D eigenvalue weighted by atomic mass is 10.2. The number of hydrogen-bond donors (Lipinski definition) is 1. The molecular weight excluding hydrogens is 403 g/mol. The summed E-state index contributed by atoms with van der Waals surface area (Å²) < 4.78 is 1.02. The largest absolute Gasteiger partial charge is 0.345 e. The third kappa shape index (κ3) is 3.83. The molecule has 0 unspecified atom stereocenters. The number of rotatable bonds is 2. The van der Waals surface area contributed by atoms with Crippen LogP contribution in [-0.4, -0.2) is 42.1 Å². The fraction of sp³-hybridized carbons (Fsp3) is 0.263. The molecule has 1 aliphatic rings. The number of benzene rings is 2. The van der Waals surface area contributed by atoms with E-state index in [1.54, 1.807) is 23.5 Å². The van der Waals surface area contributed by atoms with E-state index in [2.05, 4.69) is 10.2 Å². The number of aryl methyl sites for hydroxylation is 1. The minimum Gasteiger partial charge on any atom is -0.345 e. The van der Waals surface area contributed by atoms with Gasteiger partial charge in [0.25, 0.3) is 0 Å². The van der Waals surface area contributed by atoms with Crippen LogP contribution < -0.4 is 10.2 Å². The lowest BCUT2D eigenvalue weighted by Gasteiger charge is -2.34. The molecule has 0 saturated carbocycles. The summed E-state index contributed by atoms with van der Waals surface area (Å²) in [5.74, 6) is 0. The minimum atomic E-state index is -0.111. The van der Waals surface area contributed by atoms with Gasteiger partial charge in [0.2, 0.25) is 0 Å². The van der Waals surface area contributed by atoms with Crippen molar-refractivity contribution in [2.75, 3.05) is 36.4 Å². The first-order valence-corrected chi connectivity index (χ1v) is 10.2. The van der Waals surface area contributed by atoms with E-state index in [4.69, 9.17) is 28.2 Å². The fourth-order valence-corrected chi connectivity index (χ4v) is 4.65. The Labute approximate surface area is 171 Å². The third-order valence-corrected chi connectivity index (χ3v) is 6.41. The van der Waals surface area contributed by atoms with Crippen LogP contribution in [0.4, 0.5) is 15.6 Å². The summed E-state index contributed by atoms with van der Waals surface area (Å²) in [5.41, 5.74) is 2.78. The van der Waals surface area contributed by atoms with Gasteiger partial charge in [0.1, 0.15) is 0 Å². The van der Waals surface area contributed by atoms with Crippen LogP contribution in [0.15, 0.2) is 36.4 Å². The highest BCUT2D eigenvalue weighted by Gasteiger charge is 2.23. The van der Waals surface area contributed by atoms with E-state index >= 15 is 0 Å². The van der Waals surface area contributed by atoms with E-state index < -0.39 is 0 Å². The Morgan fingerprint density at radius 3 is 2.63 bits per heavy atom. The molecule has 1 fully saturated rings. The third-order valence-electron chi connectivity index (χ3n) is 4.60. The maximum absolute atomic E-state index is 12.5. The number of carbonyl (C=O) groups excluding carboxylic acids is 1. The van der Waals surface area contributed by atoms with E-state index in [1.807, 2.05) is 36.1 Å². The molecular formula is C19H18Cl2N4OS. The van der Waals surface area contributed by atoms with Gasteiger partial charge in [0, 0.05) is 36.9 Å². The maximum atomic E-state index is 12.5. The molecule has 0 bridgehead atoms. The molecule has 5 nitrogen and oxygen atoms in total. The lowest BCUT2D eigenvalue weighted by Crippen LogP contribution is -2.50. The maximum Gasteiger partial charge on any atom is 0.321 e. The first-order chi connectivity index (χ1) is 13.0. The Morgan fingerprint density at radius 1 is 1.15 bits per heavy atom. The first-order valence-electron chi connectivity index (χ1n) is 8.63. The Hall–Kier alpha value is -2.02. The molecule has 1 saturated heterocycles. The van der Waals surface area contributed by atoms with Crippen molar-refractivity contribution in [2.24, 2.45) is 0 Å². The summed E-state index contributed by atoms with van der Waals surface area (Å²) >= 11 is 13.9. The van der Waals surface area contributed by atoms with Crippen molar-refractivity contribution in [2.45, 2.75) is 6.92 Å². The molecule has 1 aromatic heterocycles. The second-order valence-corrected chi connectivity index (χ2v) is 8.27. The molecule has 2 amide bonds. The summed E-state index contributed by atoms with van der Waals surface area (Å²) in [6.07, 6.45) is 0. The molecule has 2 aromatic carbocycles. The predicted molar refractivity (Wildman–Crippen MR) is 114 cm³/mol. The average Bonchev–Trinajstić information content (AvgIpc) is 3.12. The van der Waals surface area contributed by atoms with E-state index in [-0.39, 0.29) is 6.03 Å². The number of anilines is 2. The molecule has 27 heavy (non-hydrogen) atoms. The molecule has 1 N–H and O–H groups in total. The van der Waals surface area contributed by atoms with Crippen molar-refractivity contribution < 1.29 is 4.79 Å². The summed E-state index contributed by atoms with van der Waals surface area (Å²) in [6.45, 7) is 4.78. The van der Waals surface area contributed by atoms with Crippen molar-refractivity contribution in [1.82, 2.24) is 9.88 Å². The number of aromatic nitrogens is 1. The Bertz CT molecular complexity index is 960. The van der Waals surface area contributed by atoms with Crippen molar-refractivity contribution >= 4 is 61.6 Å². The number of amides is 2. The van der Waals surface area contributed by atoms with Crippen molar-refractivity contribution in [3.05, 3.63) is 52.0 Å². The number of fused-ring (bicyclic) bond motifs is 1. The van der Waals surface area contributed by atoms with Crippen LogP contribution in [0.5, 0.6) is 0 Å². The van der Waals surface area contributed by atoms with E-state index in [0.717, 1.165) is 39.0 Å². The normalized spacial score (nSPS) is 14.6. The second kappa shape index (κ2) is 7.54. The highest BCUT2D eigenvalue weighted by atomic mass is 35.5. The van der Waals surface area contributed by atoms with Gasteiger partial charge in [-0.05, 0) is 36.8 Å². The van der Waals surface area contributed by atoms with Crippen molar-refractivity contribution in [3.8, 4) is 0 Å². The van der Waals surface area contributed by atoms with E-state index in [1.165, 1.54) is 0 Å². The SMILES string of the molecule is Cc1ccc(Cl)c2sc(N3CCN(C(=O)Nc4cccc(Cl)c4)CC3)nc12. The smallest absolute Gasteiger partial charge is 0.321 e. The lowest BCUT2D eigenvalue weighted by molar-refractivity contribution is 0.208. The zero-order valence-electron chi connectivity index (χ0n) is 14.7. The molecule has 1 aliphatic heterocycles. The number of nitrogens with zero attached hydrogens (tertiary/aromatic N) is 3. The molecule has 3 aromatic rings. The van der Waals surface area contributed by atoms with Crippen molar-refractivity contribution in [3.63, 3.8) is 0 Å². The number of piperazine rings is 1. The quantitative estimate of drug-likeness (QED) is 0.614. The first kappa shape index (κ1) is 18.3. The molecule has 8 heteroatoms. The van der Waals surface area contributed by atoms with Gasteiger partial charge in [0.05, 0.1) is 15.2 Å². The Balaban J connectivity index is 1.42. The van der Waals surface area contributed by atoms with Crippen LogP contribution in [0, 0.1) is 6.92 Å². The Morgan fingerprint density at radius 2 is 1.93 bits per heavy atom. The predicted octanol–water partition coefficient (Wildman–Crippen LogP) is 5.27. The molecule has 2 heterocycles. The molecule has 0 radical (unpaired) electrons. The number of carbonyl (C=O) groups is 1. The van der Waals surface area contributed by atoms with Crippen LogP contribution in [0.3, 0.4) is 0 Å². The number of halogens is 2. The zero-order valence-corrected chi connectivity index (χ0v) is 17.0. The van der Waals surface area contributed by atoms with E-state index in [9.17, 15) is 4.79 Å². The number of thiazole rings is 1. The molecule has 0 atom stereocenters. The van der Waals surface area contributed by atoms with Crippen LogP contribution in [0.2, 0.25) is 10.0 Å². The zero-order chi connectivity index (χ0) is 19.0. The van der Waals surface area contributed by atoms with E-state index in [0.29, 0.717) is 23.8 Å². The number of hydrogen-bond acceptors (Lipinski definition) is 4. The molecule has 0 aliphatic carbocycles. The molecule has 4 rings (SSSR count). The highest BCUT2D eigenvalue weighted by molar-refractivity contribution is 7.22. The topological polar surface area (TPSA) is 48.5 Å². The van der Waals surface area contributed by atoms with Crippen LogP contribution >= 0.6 is 34.5 Å². The molecule has 0 spiro atoms. The van der Waals surface area contributed by atoms with Gasteiger partial charge in [-0.1, -0.05) is 46.7 Å². The number of urea groups is 1. The van der Waals surface area contributed by atoms with Crippen LogP contribution in [0.25, 0.3) is 10.2 Å².